The van der Waals surface area contributed by atoms with Crippen LogP contribution in [0.3, 0.4) is 0 Å². The van der Waals surface area contributed by atoms with E-state index in [1.165, 1.54) is 30.5 Å². The van der Waals surface area contributed by atoms with Gasteiger partial charge < -0.3 is 14.6 Å². The molecule has 0 bridgehead atoms. The lowest BCUT2D eigenvalue weighted by Gasteiger charge is -2.02. The van der Waals surface area contributed by atoms with Crippen LogP contribution in [0.4, 0.5) is 11.4 Å². The van der Waals surface area contributed by atoms with E-state index in [0.29, 0.717) is 22.4 Å². The van der Waals surface area contributed by atoms with E-state index >= 15 is 0 Å². The Morgan fingerprint density at radius 3 is 2.72 bits per heavy atom. The Balaban J connectivity index is 1.64. The lowest BCUT2D eigenvalue weighted by molar-refractivity contribution is -0.385. The lowest BCUT2D eigenvalue weighted by Crippen LogP contribution is -1.91. The molecule has 0 aliphatic carbocycles. The van der Waals surface area contributed by atoms with Gasteiger partial charge in [-0.1, -0.05) is 12.1 Å². The molecule has 3 aromatic carbocycles. The number of nitro benzene ring substituents is 1. The smallest absolute Gasteiger partial charge is 0.311 e. The van der Waals surface area contributed by atoms with Gasteiger partial charge in [-0.05, 0) is 42.8 Å². The van der Waals surface area contributed by atoms with Crippen LogP contribution in [0, 0.1) is 17.0 Å². The van der Waals surface area contributed by atoms with Crippen molar-refractivity contribution in [1.29, 1.82) is 0 Å². The highest BCUT2D eigenvalue weighted by Gasteiger charge is 2.16. The Kier molecular flexibility index (Phi) is 4.44. The van der Waals surface area contributed by atoms with Crippen LogP contribution in [0.5, 0.6) is 11.5 Å². The molecule has 0 radical (unpaired) electrons. The number of benzene rings is 3. The topological polar surface area (TPSA) is 122 Å². The molecule has 8 nitrogen and oxygen atoms in total. The second-order valence-electron chi connectivity index (χ2n) is 6.42. The zero-order valence-electron chi connectivity index (χ0n) is 15.2. The fraction of sp³-hybridized carbons (Fsp3) is 0.0476. The summed E-state index contributed by atoms with van der Waals surface area (Å²) in [7, 11) is 0. The molecule has 4 rings (SSSR count). The maximum atomic E-state index is 10.9. The number of oxazole rings is 1. The molecule has 1 heterocycles. The van der Waals surface area contributed by atoms with Crippen molar-refractivity contribution in [2.24, 2.45) is 4.99 Å². The number of aliphatic imine (C=N–C) groups is 1. The van der Waals surface area contributed by atoms with Gasteiger partial charge in [0.1, 0.15) is 11.3 Å². The van der Waals surface area contributed by atoms with Crippen molar-refractivity contribution in [3.8, 4) is 23.0 Å². The zero-order valence-corrected chi connectivity index (χ0v) is 15.2. The highest BCUT2D eigenvalue weighted by Crippen LogP contribution is 2.34. The van der Waals surface area contributed by atoms with E-state index in [1.807, 2.05) is 25.1 Å². The number of hydrogen-bond donors (Lipinski definition) is 2. The first-order chi connectivity index (χ1) is 13.9. The quantitative estimate of drug-likeness (QED) is 0.292. The van der Waals surface area contributed by atoms with Gasteiger partial charge in [0.05, 0.1) is 16.2 Å². The van der Waals surface area contributed by atoms with Crippen LogP contribution in [-0.2, 0) is 0 Å². The maximum Gasteiger partial charge on any atom is 0.311 e. The number of aryl methyl sites for hydroxylation is 1. The number of aromatic hydroxyl groups is 2. The van der Waals surface area contributed by atoms with Crippen LogP contribution in [0.1, 0.15) is 11.1 Å². The summed E-state index contributed by atoms with van der Waals surface area (Å²) in [5.41, 5.74) is 2.96. The summed E-state index contributed by atoms with van der Waals surface area (Å²) in [6, 6.07) is 14.5. The predicted octanol–water partition coefficient (Wildman–Crippen LogP) is 4.87. The Morgan fingerprint density at radius 2 is 1.97 bits per heavy atom. The van der Waals surface area contributed by atoms with Gasteiger partial charge in [0, 0.05) is 23.9 Å². The molecule has 144 valence electrons. The number of phenols is 2. The van der Waals surface area contributed by atoms with Gasteiger partial charge in [0.15, 0.2) is 5.58 Å². The summed E-state index contributed by atoms with van der Waals surface area (Å²) in [6.45, 7) is 1.96. The lowest BCUT2D eigenvalue weighted by atomic mass is 10.1. The molecule has 2 N–H and O–H groups in total. The molecule has 8 heteroatoms. The van der Waals surface area contributed by atoms with Crippen molar-refractivity contribution >= 4 is 28.7 Å². The summed E-state index contributed by atoms with van der Waals surface area (Å²) < 4.78 is 5.70. The summed E-state index contributed by atoms with van der Waals surface area (Å²) >= 11 is 0. The molecule has 4 aromatic rings. The Bertz CT molecular complexity index is 1280. The van der Waals surface area contributed by atoms with Crippen molar-refractivity contribution in [2.45, 2.75) is 6.92 Å². The molecule has 1 aromatic heterocycles. The highest BCUT2D eigenvalue weighted by atomic mass is 16.6. The summed E-state index contributed by atoms with van der Waals surface area (Å²) in [6.07, 6.45) is 1.29. The maximum absolute atomic E-state index is 10.9. The number of nitro groups is 1. The molecule has 0 saturated carbocycles. The zero-order chi connectivity index (χ0) is 20.5. The summed E-state index contributed by atoms with van der Waals surface area (Å²) in [5, 5.41) is 31.3. The van der Waals surface area contributed by atoms with Gasteiger partial charge in [-0.2, -0.15) is 0 Å². The third-order valence-corrected chi connectivity index (χ3v) is 4.35. The second kappa shape index (κ2) is 7.08. The van der Waals surface area contributed by atoms with Crippen molar-refractivity contribution in [3.05, 3.63) is 75.8 Å². The van der Waals surface area contributed by atoms with Gasteiger partial charge in [-0.3, -0.25) is 15.1 Å². The van der Waals surface area contributed by atoms with Gasteiger partial charge >= 0.3 is 5.69 Å². The minimum atomic E-state index is -0.672. The van der Waals surface area contributed by atoms with Crippen molar-refractivity contribution in [1.82, 2.24) is 4.98 Å². The SMILES string of the molecule is Cc1ccc2oc(-c3ccc(N=Cc4cccc([N+](=O)[O-])c4O)cc3O)nc2c1. The number of nitrogens with zero attached hydrogens (tertiary/aromatic N) is 3. The molecular formula is C21H15N3O5. The van der Waals surface area contributed by atoms with E-state index in [1.54, 1.807) is 12.1 Å². The Morgan fingerprint density at radius 1 is 1.14 bits per heavy atom. The standard InChI is InChI=1S/C21H15N3O5/c1-12-5-8-19-16(9-12)23-21(29-19)15-7-6-14(10-18(15)25)22-11-13-3-2-4-17(20(13)26)24(27)28/h2-11,25-26H,1H3. The molecule has 0 saturated heterocycles. The van der Waals surface area contributed by atoms with E-state index in [2.05, 4.69) is 9.98 Å². The second-order valence-corrected chi connectivity index (χ2v) is 6.42. The summed E-state index contributed by atoms with van der Waals surface area (Å²) in [4.78, 5) is 18.8. The largest absolute Gasteiger partial charge is 0.507 e. The minimum Gasteiger partial charge on any atom is -0.507 e. The molecule has 29 heavy (non-hydrogen) atoms. The van der Waals surface area contributed by atoms with E-state index in [9.17, 15) is 20.3 Å². The van der Waals surface area contributed by atoms with E-state index in [-0.39, 0.29) is 17.2 Å². The van der Waals surface area contributed by atoms with Crippen LogP contribution in [0.2, 0.25) is 0 Å². The number of hydrogen-bond acceptors (Lipinski definition) is 7. The molecule has 0 aliphatic heterocycles. The Hall–Kier alpha value is -4.20. The monoisotopic (exact) mass is 389 g/mol. The average Bonchev–Trinajstić information content (AvgIpc) is 3.09. The van der Waals surface area contributed by atoms with Crippen LogP contribution in [0.15, 0.2) is 64.0 Å². The normalized spacial score (nSPS) is 11.3. The van der Waals surface area contributed by atoms with Crippen LogP contribution >= 0.6 is 0 Å². The molecule has 0 atom stereocenters. The van der Waals surface area contributed by atoms with E-state index in [0.717, 1.165) is 5.56 Å². The predicted molar refractivity (Wildman–Crippen MR) is 108 cm³/mol. The van der Waals surface area contributed by atoms with E-state index < -0.39 is 16.4 Å². The first-order valence-corrected chi connectivity index (χ1v) is 8.63. The average molecular weight is 389 g/mol. The summed E-state index contributed by atoms with van der Waals surface area (Å²) in [5.74, 6) is -0.259. The number of fused-ring (bicyclic) bond motifs is 1. The fourth-order valence-corrected chi connectivity index (χ4v) is 2.88. The Labute approximate surface area is 164 Å². The first-order valence-electron chi connectivity index (χ1n) is 8.63. The number of para-hydroxylation sites is 1. The third kappa shape index (κ3) is 3.51. The molecular weight excluding hydrogens is 374 g/mol. The van der Waals surface area contributed by atoms with Crippen LogP contribution in [-0.4, -0.2) is 26.3 Å². The number of aromatic nitrogens is 1. The molecule has 0 fully saturated rings. The van der Waals surface area contributed by atoms with Gasteiger partial charge in [-0.15, -0.1) is 0 Å². The van der Waals surface area contributed by atoms with Gasteiger partial charge in [0.2, 0.25) is 11.6 Å². The molecule has 0 unspecified atom stereocenters. The molecule has 0 aliphatic rings. The molecule has 0 amide bonds. The van der Waals surface area contributed by atoms with E-state index in [4.69, 9.17) is 4.42 Å². The minimum absolute atomic E-state index is 0.0776. The van der Waals surface area contributed by atoms with Crippen molar-refractivity contribution in [2.75, 3.05) is 0 Å². The third-order valence-electron chi connectivity index (χ3n) is 4.35. The van der Waals surface area contributed by atoms with Crippen LogP contribution < -0.4 is 0 Å². The molecule has 0 spiro atoms. The fourth-order valence-electron chi connectivity index (χ4n) is 2.88. The van der Waals surface area contributed by atoms with Gasteiger partial charge in [0.25, 0.3) is 0 Å². The van der Waals surface area contributed by atoms with Gasteiger partial charge in [-0.25, -0.2) is 4.98 Å². The number of rotatable bonds is 4. The van der Waals surface area contributed by atoms with Crippen molar-refractivity contribution < 1.29 is 19.6 Å². The highest BCUT2D eigenvalue weighted by molar-refractivity contribution is 5.87. The van der Waals surface area contributed by atoms with Crippen LogP contribution in [0.25, 0.3) is 22.6 Å². The van der Waals surface area contributed by atoms with Crippen molar-refractivity contribution in [3.63, 3.8) is 0 Å². The number of phenolic OH excluding ortho intramolecular Hbond substituents is 2. The first kappa shape index (κ1) is 18.2.